The van der Waals surface area contributed by atoms with Gasteiger partial charge < -0.3 is 10.8 Å². The van der Waals surface area contributed by atoms with Gasteiger partial charge in [0, 0.05) is 0 Å². The molecule has 11 heavy (non-hydrogen) atoms. The van der Waals surface area contributed by atoms with Gasteiger partial charge in [-0.25, -0.2) is 10.3 Å². The summed E-state index contributed by atoms with van der Waals surface area (Å²) in [6.07, 6.45) is 0. The minimum Gasteiger partial charge on any atom is -0.479 e. The molecule has 0 bridgehead atoms. The SMILES string of the molecule is C[C@H](N)C(=O)NOCC(=O)O. The Balaban J connectivity index is 3.39. The van der Waals surface area contributed by atoms with Gasteiger partial charge in [-0.05, 0) is 6.92 Å². The van der Waals surface area contributed by atoms with Crippen LogP contribution in [0, 0.1) is 0 Å². The molecule has 0 heterocycles. The van der Waals surface area contributed by atoms with Gasteiger partial charge in [0.2, 0.25) is 0 Å². The van der Waals surface area contributed by atoms with Crippen LogP contribution in [0.1, 0.15) is 6.92 Å². The summed E-state index contributed by atoms with van der Waals surface area (Å²) >= 11 is 0. The van der Waals surface area contributed by atoms with Crippen molar-refractivity contribution in [1.29, 1.82) is 0 Å². The van der Waals surface area contributed by atoms with E-state index in [0.717, 1.165) is 0 Å². The van der Waals surface area contributed by atoms with Crippen LogP contribution in [0.2, 0.25) is 0 Å². The van der Waals surface area contributed by atoms with Gasteiger partial charge >= 0.3 is 5.97 Å². The maximum absolute atomic E-state index is 10.6. The van der Waals surface area contributed by atoms with Crippen LogP contribution in [0.25, 0.3) is 0 Å². The first-order valence-corrected chi connectivity index (χ1v) is 2.93. The first-order valence-electron chi connectivity index (χ1n) is 2.93. The summed E-state index contributed by atoms with van der Waals surface area (Å²) in [5.41, 5.74) is 6.98. The number of carboxylic acid groups (broad SMARTS) is 1. The molecule has 0 aliphatic rings. The molecule has 0 aliphatic carbocycles. The number of aliphatic carboxylic acids is 1. The number of nitrogens with one attached hydrogen (secondary N) is 1. The van der Waals surface area contributed by atoms with Crippen molar-refractivity contribution in [2.24, 2.45) is 5.73 Å². The van der Waals surface area contributed by atoms with Crippen molar-refractivity contribution in [1.82, 2.24) is 5.48 Å². The third-order valence-electron chi connectivity index (χ3n) is 0.782. The normalized spacial score (nSPS) is 12.2. The third-order valence-corrected chi connectivity index (χ3v) is 0.782. The second kappa shape index (κ2) is 4.64. The summed E-state index contributed by atoms with van der Waals surface area (Å²) < 4.78 is 0. The van der Waals surface area contributed by atoms with E-state index >= 15 is 0 Å². The standard InChI is InChI=1S/C5H10N2O4/c1-3(6)5(10)7-11-2-4(8)9/h3H,2,6H2,1H3,(H,7,10)(H,8,9)/t3-/m0/s1. The molecule has 6 nitrogen and oxygen atoms in total. The molecule has 4 N–H and O–H groups in total. The predicted molar refractivity (Wildman–Crippen MR) is 35.4 cm³/mol. The zero-order valence-electron chi connectivity index (χ0n) is 6.03. The maximum Gasteiger partial charge on any atom is 0.332 e. The Labute approximate surface area is 63.3 Å². The third kappa shape index (κ3) is 5.31. The molecule has 1 atom stereocenters. The van der Waals surface area contributed by atoms with E-state index in [-0.39, 0.29) is 0 Å². The van der Waals surface area contributed by atoms with Gasteiger partial charge in [0.1, 0.15) is 0 Å². The van der Waals surface area contributed by atoms with Crippen LogP contribution < -0.4 is 11.2 Å². The molecule has 0 rings (SSSR count). The lowest BCUT2D eigenvalue weighted by Gasteiger charge is -2.05. The zero-order chi connectivity index (χ0) is 8.85. The summed E-state index contributed by atoms with van der Waals surface area (Å²) in [6, 6.07) is -0.705. The number of amides is 1. The van der Waals surface area contributed by atoms with Gasteiger partial charge in [0.25, 0.3) is 5.91 Å². The fraction of sp³-hybridized carbons (Fsp3) is 0.600. The van der Waals surface area contributed by atoms with Gasteiger partial charge in [0.05, 0.1) is 6.04 Å². The minimum absolute atomic E-state index is 0.550. The number of nitrogens with two attached hydrogens (primary N) is 1. The Morgan fingerprint density at radius 2 is 2.27 bits per heavy atom. The van der Waals surface area contributed by atoms with Crippen LogP contribution in [0.5, 0.6) is 0 Å². The smallest absolute Gasteiger partial charge is 0.332 e. The first kappa shape index (κ1) is 9.86. The lowest BCUT2D eigenvalue weighted by molar-refractivity contribution is -0.149. The van der Waals surface area contributed by atoms with E-state index in [1.807, 2.05) is 5.48 Å². The van der Waals surface area contributed by atoms with E-state index in [4.69, 9.17) is 10.8 Å². The molecule has 1 amide bonds. The zero-order valence-corrected chi connectivity index (χ0v) is 6.03. The van der Waals surface area contributed by atoms with E-state index in [9.17, 15) is 9.59 Å². The summed E-state index contributed by atoms with van der Waals surface area (Å²) in [5, 5.41) is 8.06. The molecule has 0 fully saturated rings. The van der Waals surface area contributed by atoms with E-state index in [2.05, 4.69) is 4.84 Å². The van der Waals surface area contributed by atoms with Gasteiger partial charge in [-0.2, -0.15) is 0 Å². The van der Waals surface area contributed by atoms with Gasteiger partial charge in [-0.15, -0.1) is 0 Å². The van der Waals surface area contributed by atoms with Crippen LogP contribution >= 0.6 is 0 Å². The molecule has 0 saturated heterocycles. The minimum atomic E-state index is -1.16. The second-order valence-corrected chi connectivity index (χ2v) is 1.94. The van der Waals surface area contributed by atoms with Gasteiger partial charge in [-0.1, -0.05) is 0 Å². The first-order chi connectivity index (χ1) is 5.04. The van der Waals surface area contributed by atoms with Crippen molar-refractivity contribution in [3.8, 4) is 0 Å². The van der Waals surface area contributed by atoms with Crippen LogP contribution in [-0.4, -0.2) is 29.6 Å². The summed E-state index contributed by atoms with van der Waals surface area (Å²) in [6.45, 7) is 0.887. The lowest BCUT2D eigenvalue weighted by Crippen LogP contribution is -2.39. The average Bonchev–Trinajstić information content (AvgIpc) is 1.86. The molecule has 64 valence electrons. The molecule has 0 saturated carbocycles. The lowest BCUT2D eigenvalue weighted by atomic mass is 10.4. The second-order valence-electron chi connectivity index (χ2n) is 1.94. The largest absolute Gasteiger partial charge is 0.479 e. The Morgan fingerprint density at radius 1 is 1.73 bits per heavy atom. The monoisotopic (exact) mass is 162 g/mol. The number of carbonyl (C=O) groups excluding carboxylic acids is 1. The molecule has 0 radical (unpaired) electrons. The summed E-state index contributed by atoms with van der Waals surface area (Å²) in [4.78, 5) is 24.7. The molecule has 0 unspecified atom stereocenters. The van der Waals surface area contributed by atoms with Gasteiger partial charge in [-0.3, -0.25) is 9.63 Å². The van der Waals surface area contributed by atoms with Crippen molar-refractivity contribution in [3.05, 3.63) is 0 Å². The maximum atomic E-state index is 10.6. The number of hydrogen-bond donors (Lipinski definition) is 3. The van der Waals surface area contributed by atoms with E-state index < -0.39 is 24.5 Å². The number of hydroxylamine groups is 1. The molecule has 0 aromatic heterocycles. The quantitative estimate of drug-likeness (QED) is 0.435. The highest BCUT2D eigenvalue weighted by Gasteiger charge is 2.06. The molecule has 6 heteroatoms. The number of carboxylic acids is 1. The molecule has 0 spiro atoms. The van der Waals surface area contributed by atoms with Crippen molar-refractivity contribution in [3.63, 3.8) is 0 Å². The number of rotatable bonds is 4. The molecular formula is C5H10N2O4. The molecule has 0 aliphatic heterocycles. The average molecular weight is 162 g/mol. The van der Waals surface area contributed by atoms with Crippen molar-refractivity contribution >= 4 is 11.9 Å². The van der Waals surface area contributed by atoms with Crippen molar-refractivity contribution in [2.75, 3.05) is 6.61 Å². The fourth-order valence-electron chi connectivity index (χ4n) is 0.262. The Bertz CT molecular complexity index is 157. The number of hydrogen-bond acceptors (Lipinski definition) is 4. The molecule has 0 aromatic carbocycles. The molecule has 0 aromatic rings. The van der Waals surface area contributed by atoms with Crippen molar-refractivity contribution in [2.45, 2.75) is 13.0 Å². The Hall–Kier alpha value is -1.14. The van der Waals surface area contributed by atoms with E-state index in [0.29, 0.717) is 0 Å². The van der Waals surface area contributed by atoms with Crippen LogP contribution in [0.4, 0.5) is 0 Å². The highest BCUT2D eigenvalue weighted by molar-refractivity contribution is 5.80. The number of carbonyl (C=O) groups is 2. The molecular weight excluding hydrogens is 152 g/mol. The van der Waals surface area contributed by atoms with E-state index in [1.165, 1.54) is 6.92 Å². The van der Waals surface area contributed by atoms with E-state index in [1.54, 1.807) is 0 Å². The predicted octanol–water partition coefficient (Wildman–Crippen LogP) is -1.53. The Morgan fingerprint density at radius 3 is 2.64 bits per heavy atom. The summed E-state index contributed by atoms with van der Waals surface area (Å²) in [7, 11) is 0. The fourth-order valence-corrected chi connectivity index (χ4v) is 0.262. The Kier molecular flexibility index (Phi) is 4.16. The van der Waals surface area contributed by atoms with Crippen LogP contribution in [0.3, 0.4) is 0 Å². The van der Waals surface area contributed by atoms with Crippen LogP contribution in [-0.2, 0) is 14.4 Å². The highest BCUT2D eigenvalue weighted by atomic mass is 16.7. The van der Waals surface area contributed by atoms with Crippen LogP contribution in [0.15, 0.2) is 0 Å². The van der Waals surface area contributed by atoms with Crippen molar-refractivity contribution < 1.29 is 19.5 Å². The highest BCUT2D eigenvalue weighted by Crippen LogP contribution is 1.75. The summed E-state index contributed by atoms with van der Waals surface area (Å²) in [5.74, 6) is -1.71. The topological polar surface area (TPSA) is 102 Å². The van der Waals surface area contributed by atoms with Gasteiger partial charge in [0.15, 0.2) is 6.61 Å².